The van der Waals surface area contributed by atoms with Crippen LogP contribution in [0.4, 0.5) is 5.82 Å². The molecule has 0 spiro atoms. The second kappa shape index (κ2) is 7.35. The van der Waals surface area contributed by atoms with E-state index in [9.17, 15) is 9.59 Å². The van der Waals surface area contributed by atoms with E-state index in [1.54, 1.807) is 40.7 Å². The summed E-state index contributed by atoms with van der Waals surface area (Å²) in [7, 11) is 1.33. The Morgan fingerprint density at radius 1 is 1.55 bits per heavy atom. The van der Waals surface area contributed by atoms with Gasteiger partial charge in [0.1, 0.15) is 6.04 Å². The van der Waals surface area contributed by atoms with Crippen LogP contribution in [0.5, 0.6) is 0 Å². The smallest absolute Gasteiger partial charge is 0.329 e. The third-order valence-electron chi connectivity index (χ3n) is 2.96. The predicted molar refractivity (Wildman–Crippen MR) is 71.0 cm³/mol. The van der Waals surface area contributed by atoms with Gasteiger partial charge in [-0.05, 0) is 6.07 Å². The normalized spacial score (nSPS) is 17.4. The van der Waals surface area contributed by atoms with Crippen molar-refractivity contribution in [2.24, 2.45) is 0 Å². The number of hydrogen-bond donors (Lipinski definition) is 1. The van der Waals surface area contributed by atoms with E-state index in [0.29, 0.717) is 17.4 Å². The van der Waals surface area contributed by atoms with Crippen molar-refractivity contribution in [3.05, 3.63) is 24.4 Å². The third kappa shape index (κ3) is 3.55. The lowest BCUT2D eigenvalue weighted by Gasteiger charge is -2.21. The molecule has 0 bridgehead atoms. The Morgan fingerprint density at radius 3 is 2.95 bits per heavy atom. The Bertz CT molecular complexity index is 501. The van der Waals surface area contributed by atoms with Gasteiger partial charge < -0.3 is 22.0 Å². The van der Waals surface area contributed by atoms with E-state index in [0.717, 1.165) is 0 Å². The molecule has 0 aromatic carbocycles. The number of carbonyl (C=O) groups excluding carboxylic acids is 2. The molecule has 20 heavy (non-hydrogen) atoms. The number of hydrogen-bond acceptors (Lipinski definition) is 5. The summed E-state index contributed by atoms with van der Waals surface area (Å²) < 4.78 is 6.36. The highest BCUT2D eigenvalue weighted by molar-refractivity contribution is 7.99. The molecule has 0 saturated carbocycles. The number of amides is 1. The first-order valence-corrected chi connectivity index (χ1v) is 6.98. The van der Waals surface area contributed by atoms with Crippen molar-refractivity contribution in [2.45, 2.75) is 12.6 Å². The van der Waals surface area contributed by atoms with Crippen LogP contribution in [0.1, 0.15) is 0 Å². The molecular formula is C12H16ClN3O3S. The van der Waals surface area contributed by atoms with Crippen LogP contribution in [0.25, 0.3) is 0 Å². The predicted octanol–water partition coefficient (Wildman–Crippen LogP) is -3.37. The van der Waals surface area contributed by atoms with Crippen molar-refractivity contribution in [1.82, 2.24) is 4.90 Å². The number of nitrogens with zero attached hydrogens (tertiary/aromatic N) is 2. The van der Waals surface area contributed by atoms with E-state index in [-0.39, 0.29) is 30.8 Å². The van der Waals surface area contributed by atoms with Gasteiger partial charge >= 0.3 is 5.97 Å². The van der Waals surface area contributed by atoms with Crippen LogP contribution in [0.15, 0.2) is 24.4 Å². The number of anilines is 1. The maximum absolute atomic E-state index is 12.2. The Labute approximate surface area is 127 Å². The second-order valence-corrected chi connectivity index (χ2v) is 5.16. The zero-order chi connectivity index (χ0) is 13.8. The van der Waals surface area contributed by atoms with Crippen molar-refractivity contribution in [1.29, 1.82) is 0 Å². The molecule has 2 N–H and O–H groups in total. The average molecular weight is 318 g/mol. The van der Waals surface area contributed by atoms with E-state index in [1.165, 1.54) is 12.0 Å². The van der Waals surface area contributed by atoms with E-state index >= 15 is 0 Å². The molecule has 8 heteroatoms. The fourth-order valence-corrected chi connectivity index (χ4v) is 3.06. The lowest BCUT2D eigenvalue weighted by Crippen LogP contribution is -3.00. The summed E-state index contributed by atoms with van der Waals surface area (Å²) in [6.07, 6.45) is 1.74. The lowest BCUT2D eigenvalue weighted by molar-refractivity contribution is -0.670. The molecule has 1 aliphatic rings. The molecule has 2 heterocycles. The second-order valence-electron chi connectivity index (χ2n) is 4.16. The standard InChI is InChI=1S/C12H15N3O3S.ClH/c1-18-12(17)9-7-19-8-15(9)11(16)6-14-5-3-2-4-10(14)13;/h2-5,9,13H,6-8H2,1H3;1H. The van der Waals surface area contributed by atoms with Gasteiger partial charge in [-0.1, -0.05) is 6.07 Å². The van der Waals surface area contributed by atoms with Gasteiger partial charge in [0.2, 0.25) is 0 Å². The van der Waals surface area contributed by atoms with Gasteiger partial charge in [-0.3, -0.25) is 10.5 Å². The molecule has 1 aromatic heterocycles. The Balaban J connectivity index is 0.00000200. The minimum atomic E-state index is -0.493. The van der Waals surface area contributed by atoms with Gasteiger partial charge in [-0.25, -0.2) is 9.36 Å². The maximum Gasteiger partial charge on any atom is 0.329 e. The molecule has 1 fully saturated rings. The zero-order valence-electron chi connectivity index (χ0n) is 11.0. The van der Waals surface area contributed by atoms with Crippen molar-refractivity contribution in [3.8, 4) is 0 Å². The molecule has 1 saturated heterocycles. The average Bonchev–Trinajstić information content (AvgIpc) is 2.90. The van der Waals surface area contributed by atoms with Crippen LogP contribution in [-0.2, 0) is 20.9 Å². The van der Waals surface area contributed by atoms with Gasteiger partial charge in [0, 0.05) is 11.8 Å². The summed E-state index contributed by atoms with van der Waals surface area (Å²) in [6, 6.07) is 4.84. The maximum atomic E-state index is 12.2. The fraction of sp³-hybridized carbons (Fsp3) is 0.417. The molecule has 1 aliphatic heterocycles. The minimum absolute atomic E-state index is 0. The lowest BCUT2D eigenvalue weighted by atomic mass is 10.3. The van der Waals surface area contributed by atoms with Crippen LogP contribution in [0.2, 0.25) is 0 Å². The summed E-state index contributed by atoms with van der Waals surface area (Å²) >= 11 is 1.54. The number of esters is 1. The van der Waals surface area contributed by atoms with Crippen LogP contribution < -0.4 is 22.7 Å². The quantitative estimate of drug-likeness (QED) is 0.465. The van der Waals surface area contributed by atoms with Crippen LogP contribution >= 0.6 is 11.8 Å². The number of ether oxygens (including phenoxy) is 1. The highest BCUT2D eigenvalue weighted by Crippen LogP contribution is 2.21. The van der Waals surface area contributed by atoms with Gasteiger partial charge in [0.05, 0.1) is 19.2 Å². The fourth-order valence-electron chi connectivity index (χ4n) is 1.89. The van der Waals surface area contributed by atoms with Crippen molar-refractivity contribution in [3.63, 3.8) is 0 Å². The zero-order valence-corrected chi connectivity index (χ0v) is 12.6. The van der Waals surface area contributed by atoms with Gasteiger partial charge in [0.25, 0.3) is 11.7 Å². The largest absolute Gasteiger partial charge is 1.00 e. The highest BCUT2D eigenvalue weighted by atomic mass is 35.5. The van der Waals surface area contributed by atoms with Crippen LogP contribution in [-0.4, -0.2) is 41.6 Å². The SMILES string of the molecule is COC(=O)C1CSCN1C(=O)C[n+]1ccccc1N.[Cl-]. The highest BCUT2D eigenvalue weighted by Gasteiger charge is 2.36. The number of thioether (sulfide) groups is 1. The molecule has 110 valence electrons. The minimum Gasteiger partial charge on any atom is -1.00 e. The molecule has 1 atom stereocenters. The summed E-state index contributed by atoms with van der Waals surface area (Å²) in [6.45, 7) is 0.126. The van der Waals surface area contributed by atoms with E-state index in [4.69, 9.17) is 10.5 Å². The Kier molecular flexibility index (Phi) is 6.09. The first-order chi connectivity index (χ1) is 9.13. The Morgan fingerprint density at radius 2 is 2.30 bits per heavy atom. The van der Waals surface area contributed by atoms with Crippen molar-refractivity contribution >= 4 is 29.5 Å². The Hall–Kier alpha value is -1.47. The molecular weight excluding hydrogens is 302 g/mol. The number of carbonyl (C=O) groups is 2. The molecule has 0 radical (unpaired) electrons. The summed E-state index contributed by atoms with van der Waals surface area (Å²) in [5.41, 5.74) is 5.78. The monoisotopic (exact) mass is 317 g/mol. The third-order valence-corrected chi connectivity index (χ3v) is 3.97. The summed E-state index contributed by atoms with van der Waals surface area (Å²) in [5.74, 6) is 1.09. The van der Waals surface area contributed by atoms with Crippen molar-refractivity contribution in [2.75, 3.05) is 24.5 Å². The van der Waals surface area contributed by atoms with E-state index in [2.05, 4.69) is 0 Å². The molecule has 1 aromatic rings. The number of methoxy groups -OCH3 is 1. The van der Waals surface area contributed by atoms with Crippen molar-refractivity contribution < 1.29 is 31.3 Å². The number of rotatable bonds is 3. The number of pyridine rings is 1. The summed E-state index contributed by atoms with van der Waals surface area (Å²) in [4.78, 5) is 25.4. The number of halogens is 1. The van der Waals surface area contributed by atoms with Crippen LogP contribution in [0, 0.1) is 0 Å². The first kappa shape index (κ1) is 16.6. The molecule has 0 aliphatic carbocycles. The first-order valence-electron chi connectivity index (χ1n) is 5.82. The van der Waals surface area contributed by atoms with E-state index in [1.807, 2.05) is 0 Å². The number of nitrogen functional groups attached to an aromatic ring is 1. The summed E-state index contributed by atoms with van der Waals surface area (Å²) in [5, 5.41) is 0. The topological polar surface area (TPSA) is 76.5 Å². The molecule has 2 rings (SSSR count). The van der Waals surface area contributed by atoms with Gasteiger partial charge in [-0.2, -0.15) is 0 Å². The van der Waals surface area contributed by atoms with Crippen LogP contribution in [0.3, 0.4) is 0 Å². The van der Waals surface area contributed by atoms with Gasteiger partial charge in [0.15, 0.2) is 6.54 Å². The molecule has 6 nitrogen and oxygen atoms in total. The van der Waals surface area contributed by atoms with E-state index < -0.39 is 6.04 Å². The number of aromatic nitrogens is 1. The molecule has 1 unspecified atom stereocenters. The molecule has 1 amide bonds. The van der Waals surface area contributed by atoms with Gasteiger partial charge in [-0.15, -0.1) is 11.8 Å². The number of nitrogens with two attached hydrogens (primary N) is 1.